The number of aromatic hydroxyl groups is 2. The lowest BCUT2D eigenvalue weighted by Crippen LogP contribution is -2.14. The van der Waals surface area contributed by atoms with Crippen molar-refractivity contribution in [1.29, 1.82) is 0 Å². The highest BCUT2D eigenvalue weighted by molar-refractivity contribution is 6.08. The van der Waals surface area contributed by atoms with Crippen molar-refractivity contribution >= 4 is 23.2 Å². The van der Waals surface area contributed by atoms with Gasteiger partial charge in [0.15, 0.2) is 0 Å². The van der Waals surface area contributed by atoms with Crippen LogP contribution in [0.25, 0.3) is 0 Å². The van der Waals surface area contributed by atoms with Crippen molar-refractivity contribution in [2.45, 2.75) is 78.1 Å². The number of carbonyl (C=O) groups excluding carboxylic acids is 2. The van der Waals surface area contributed by atoms with E-state index in [2.05, 4.69) is 24.5 Å². The predicted octanol–water partition coefficient (Wildman–Crippen LogP) is 7.85. The van der Waals surface area contributed by atoms with Gasteiger partial charge in [-0.05, 0) is 79.3 Å². The smallest absolute Gasteiger partial charge is 0.259 e. The Morgan fingerprint density at radius 3 is 1.45 bits per heavy atom. The Balaban J connectivity index is 1.59. The van der Waals surface area contributed by atoms with E-state index in [-0.39, 0.29) is 22.6 Å². The second kappa shape index (κ2) is 14.8. The van der Waals surface area contributed by atoms with Gasteiger partial charge in [-0.1, -0.05) is 70.6 Å². The van der Waals surface area contributed by atoms with Gasteiger partial charge in [0.2, 0.25) is 0 Å². The Morgan fingerprint density at radius 2 is 1.05 bits per heavy atom. The van der Waals surface area contributed by atoms with Gasteiger partial charge in [0, 0.05) is 11.4 Å². The van der Waals surface area contributed by atoms with Crippen molar-refractivity contribution in [3.05, 3.63) is 82.9 Å². The highest BCUT2D eigenvalue weighted by Gasteiger charge is 2.15. The number of nitrogens with one attached hydrogen (secondary N) is 2. The van der Waals surface area contributed by atoms with E-state index < -0.39 is 11.8 Å². The number of unbranched alkanes of at least 4 members (excludes halogenated alkanes) is 6. The zero-order valence-corrected chi connectivity index (χ0v) is 22.6. The quantitative estimate of drug-likeness (QED) is 0.164. The van der Waals surface area contributed by atoms with Crippen LogP contribution in [0.4, 0.5) is 11.4 Å². The molecule has 0 heterocycles. The van der Waals surface area contributed by atoms with Gasteiger partial charge in [0.25, 0.3) is 11.8 Å². The number of aryl methyl sites for hydroxylation is 2. The van der Waals surface area contributed by atoms with Crippen LogP contribution in [0.15, 0.2) is 60.7 Å². The van der Waals surface area contributed by atoms with Crippen LogP contribution in [0.3, 0.4) is 0 Å². The van der Waals surface area contributed by atoms with Gasteiger partial charge in [-0.2, -0.15) is 0 Å². The molecule has 0 bridgehead atoms. The van der Waals surface area contributed by atoms with Gasteiger partial charge < -0.3 is 20.8 Å². The average Bonchev–Trinajstić information content (AvgIpc) is 2.89. The van der Waals surface area contributed by atoms with E-state index in [1.807, 2.05) is 12.1 Å². The van der Waals surface area contributed by atoms with Gasteiger partial charge in [-0.3, -0.25) is 9.59 Å². The first-order chi connectivity index (χ1) is 18.4. The van der Waals surface area contributed by atoms with Crippen LogP contribution in [-0.2, 0) is 12.8 Å². The molecule has 0 aliphatic rings. The van der Waals surface area contributed by atoms with Gasteiger partial charge in [-0.15, -0.1) is 0 Å². The summed E-state index contributed by atoms with van der Waals surface area (Å²) < 4.78 is 0. The highest BCUT2D eigenvalue weighted by Crippen LogP contribution is 2.25. The van der Waals surface area contributed by atoms with Crippen molar-refractivity contribution < 1.29 is 19.8 Å². The minimum absolute atomic E-state index is 0.0516. The molecule has 4 N–H and O–H groups in total. The molecule has 0 unspecified atom stereocenters. The lowest BCUT2D eigenvalue weighted by molar-refractivity contribution is 0.101. The van der Waals surface area contributed by atoms with E-state index in [1.165, 1.54) is 25.7 Å². The van der Waals surface area contributed by atoms with Crippen molar-refractivity contribution in [2.24, 2.45) is 0 Å². The van der Waals surface area contributed by atoms with Crippen LogP contribution in [0.5, 0.6) is 11.5 Å². The second-order valence-corrected chi connectivity index (χ2v) is 9.81. The molecule has 0 aromatic heterocycles. The first kappa shape index (κ1) is 28.8. The summed E-state index contributed by atoms with van der Waals surface area (Å²) in [6.45, 7) is 4.34. The average molecular weight is 517 g/mol. The van der Waals surface area contributed by atoms with Crippen LogP contribution in [0.2, 0.25) is 0 Å². The first-order valence-electron chi connectivity index (χ1n) is 13.8. The molecule has 0 radical (unpaired) electrons. The number of amides is 2. The number of hydrogen-bond acceptors (Lipinski definition) is 4. The summed E-state index contributed by atoms with van der Waals surface area (Å²) in [7, 11) is 0. The van der Waals surface area contributed by atoms with Crippen molar-refractivity contribution in [2.75, 3.05) is 10.6 Å². The number of anilines is 2. The molecule has 3 aromatic carbocycles. The maximum atomic E-state index is 12.8. The lowest BCUT2D eigenvalue weighted by atomic mass is 10.0. The van der Waals surface area contributed by atoms with Crippen molar-refractivity contribution in [1.82, 2.24) is 0 Å². The Kier molecular flexibility index (Phi) is 11.2. The summed E-state index contributed by atoms with van der Waals surface area (Å²) >= 11 is 0. The third-order valence-corrected chi connectivity index (χ3v) is 6.63. The molecule has 0 aliphatic heterocycles. The monoisotopic (exact) mass is 516 g/mol. The summed E-state index contributed by atoms with van der Waals surface area (Å²) in [6, 6.07) is 17.1. The minimum atomic E-state index is -0.435. The number of benzene rings is 3. The van der Waals surface area contributed by atoms with E-state index >= 15 is 0 Å². The fourth-order valence-electron chi connectivity index (χ4n) is 4.43. The Morgan fingerprint density at radius 1 is 0.605 bits per heavy atom. The molecule has 3 aromatic rings. The number of carbonyl (C=O) groups is 2. The third-order valence-electron chi connectivity index (χ3n) is 6.63. The van der Waals surface area contributed by atoms with Crippen molar-refractivity contribution in [3.63, 3.8) is 0 Å². The number of phenols is 2. The molecule has 202 valence electrons. The normalized spacial score (nSPS) is 10.8. The topological polar surface area (TPSA) is 98.7 Å². The molecule has 0 spiro atoms. The van der Waals surface area contributed by atoms with E-state index in [0.717, 1.165) is 49.7 Å². The zero-order valence-electron chi connectivity index (χ0n) is 22.6. The molecule has 0 saturated heterocycles. The Labute approximate surface area is 226 Å². The predicted molar refractivity (Wildman–Crippen MR) is 154 cm³/mol. The second-order valence-electron chi connectivity index (χ2n) is 9.81. The SMILES string of the molecule is CCCCCCc1ccc(C(=O)Nc2cccc(NC(=O)c3ccc(CCCCCC)cc3O)c2)c(O)c1. The first-order valence-corrected chi connectivity index (χ1v) is 13.8. The Bertz CT molecular complexity index is 1130. The van der Waals surface area contributed by atoms with Crippen LogP contribution >= 0.6 is 0 Å². The summed E-state index contributed by atoms with van der Waals surface area (Å²) in [5.74, 6) is -0.972. The molecule has 0 fully saturated rings. The standard InChI is InChI=1S/C32H40N2O4/c1-3-5-7-9-12-23-16-18-27(29(35)20-23)31(37)33-25-14-11-15-26(22-25)34-32(38)28-19-17-24(21-30(28)36)13-10-8-6-4-2/h11,14-22,35-36H,3-10,12-13H2,1-2H3,(H,33,37)(H,34,38). The van der Waals surface area contributed by atoms with E-state index in [0.29, 0.717) is 11.4 Å². The number of rotatable bonds is 14. The van der Waals surface area contributed by atoms with Crippen LogP contribution in [0, 0.1) is 0 Å². The molecule has 38 heavy (non-hydrogen) atoms. The molecule has 0 atom stereocenters. The molecule has 2 amide bonds. The van der Waals surface area contributed by atoms with Gasteiger partial charge in [-0.25, -0.2) is 0 Å². The van der Waals surface area contributed by atoms with E-state index in [4.69, 9.17) is 0 Å². The summed E-state index contributed by atoms with van der Waals surface area (Å²) in [5.41, 5.74) is 3.35. The fourth-order valence-corrected chi connectivity index (χ4v) is 4.43. The van der Waals surface area contributed by atoms with Gasteiger partial charge >= 0.3 is 0 Å². The fraction of sp³-hybridized carbons (Fsp3) is 0.375. The summed E-state index contributed by atoms with van der Waals surface area (Å²) in [4.78, 5) is 25.6. The van der Waals surface area contributed by atoms with Crippen LogP contribution < -0.4 is 10.6 Å². The lowest BCUT2D eigenvalue weighted by Gasteiger charge is -2.11. The molecule has 6 heteroatoms. The van der Waals surface area contributed by atoms with Crippen LogP contribution in [0.1, 0.15) is 97.1 Å². The molecule has 6 nitrogen and oxygen atoms in total. The molecule has 3 rings (SSSR count). The maximum absolute atomic E-state index is 12.8. The molecule has 0 aliphatic carbocycles. The minimum Gasteiger partial charge on any atom is -0.507 e. The molecular formula is C32H40N2O4. The summed E-state index contributed by atoms with van der Waals surface area (Å²) in [6.07, 6.45) is 10.9. The molecular weight excluding hydrogens is 476 g/mol. The zero-order chi connectivity index (χ0) is 27.3. The van der Waals surface area contributed by atoms with E-state index in [9.17, 15) is 19.8 Å². The largest absolute Gasteiger partial charge is 0.507 e. The number of hydrogen-bond donors (Lipinski definition) is 4. The van der Waals surface area contributed by atoms with Gasteiger partial charge in [0.1, 0.15) is 11.5 Å². The van der Waals surface area contributed by atoms with Gasteiger partial charge in [0.05, 0.1) is 11.1 Å². The van der Waals surface area contributed by atoms with Crippen LogP contribution in [-0.4, -0.2) is 22.0 Å². The maximum Gasteiger partial charge on any atom is 0.259 e. The van der Waals surface area contributed by atoms with Crippen molar-refractivity contribution in [3.8, 4) is 11.5 Å². The Hall–Kier alpha value is -3.80. The number of phenolic OH excluding ortho intramolecular Hbond substituents is 2. The highest BCUT2D eigenvalue weighted by atomic mass is 16.3. The van der Waals surface area contributed by atoms with E-state index in [1.54, 1.807) is 48.5 Å². The third kappa shape index (κ3) is 8.65. The molecule has 0 saturated carbocycles. The summed E-state index contributed by atoms with van der Waals surface area (Å²) in [5, 5.41) is 26.4.